The molecule has 3 nitrogen and oxygen atoms in total. The molecule has 2 aromatic heterocycles. The van der Waals surface area contributed by atoms with E-state index in [9.17, 15) is 4.79 Å². The molecule has 0 unspecified atom stereocenters. The highest BCUT2D eigenvalue weighted by atomic mass is 79.9. The number of nitrogens with zero attached hydrogens (tertiary/aromatic N) is 1. The molecule has 4 heteroatoms. The summed E-state index contributed by atoms with van der Waals surface area (Å²) in [6.07, 6.45) is 2.87. The van der Waals surface area contributed by atoms with Crippen molar-refractivity contribution < 1.29 is 9.53 Å². The molecule has 0 aliphatic heterocycles. The van der Waals surface area contributed by atoms with Gasteiger partial charge in [0.1, 0.15) is 5.75 Å². The molecule has 112 valence electrons. The lowest BCUT2D eigenvalue weighted by atomic mass is 10.1. The van der Waals surface area contributed by atoms with Crippen LogP contribution in [-0.2, 0) is 0 Å². The van der Waals surface area contributed by atoms with Crippen molar-refractivity contribution in [2.24, 2.45) is 0 Å². The SMILES string of the molecule is CCOc1ccc(Br)cc1-c1cc2ccc(C)cn2c1C=O. The van der Waals surface area contributed by atoms with Crippen molar-refractivity contribution in [1.29, 1.82) is 0 Å². The fraction of sp³-hybridized carbons (Fsp3) is 0.167. The summed E-state index contributed by atoms with van der Waals surface area (Å²) < 4.78 is 8.60. The summed E-state index contributed by atoms with van der Waals surface area (Å²) in [4.78, 5) is 11.7. The number of halogens is 1. The minimum Gasteiger partial charge on any atom is -0.493 e. The highest BCUT2D eigenvalue weighted by Crippen LogP contribution is 2.36. The van der Waals surface area contributed by atoms with E-state index in [4.69, 9.17) is 4.74 Å². The third kappa shape index (κ3) is 2.55. The van der Waals surface area contributed by atoms with Crippen LogP contribution in [0.15, 0.2) is 47.1 Å². The molecule has 0 amide bonds. The van der Waals surface area contributed by atoms with Crippen molar-refractivity contribution in [2.75, 3.05) is 6.61 Å². The van der Waals surface area contributed by atoms with E-state index < -0.39 is 0 Å². The normalized spacial score (nSPS) is 10.9. The predicted molar refractivity (Wildman–Crippen MR) is 91.8 cm³/mol. The Balaban J connectivity index is 2.30. The van der Waals surface area contributed by atoms with E-state index in [0.29, 0.717) is 12.3 Å². The van der Waals surface area contributed by atoms with Gasteiger partial charge < -0.3 is 9.14 Å². The number of hydrogen-bond donors (Lipinski definition) is 0. The van der Waals surface area contributed by atoms with Crippen molar-refractivity contribution >= 4 is 27.7 Å². The number of pyridine rings is 1. The Labute approximate surface area is 137 Å². The molecule has 2 heterocycles. The van der Waals surface area contributed by atoms with Crippen LogP contribution in [0.4, 0.5) is 0 Å². The van der Waals surface area contributed by atoms with Gasteiger partial charge in [0.25, 0.3) is 0 Å². The van der Waals surface area contributed by atoms with Crippen molar-refractivity contribution in [3.63, 3.8) is 0 Å². The van der Waals surface area contributed by atoms with Gasteiger partial charge in [-0.2, -0.15) is 0 Å². The number of aryl methyl sites for hydroxylation is 1. The number of fused-ring (bicyclic) bond motifs is 1. The van der Waals surface area contributed by atoms with E-state index in [-0.39, 0.29) is 0 Å². The Morgan fingerprint density at radius 3 is 2.73 bits per heavy atom. The van der Waals surface area contributed by atoms with Crippen LogP contribution < -0.4 is 4.74 Å². The molecule has 0 atom stereocenters. The average molecular weight is 358 g/mol. The summed E-state index contributed by atoms with van der Waals surface area (Å²) in [6, 6.07) is 11.9. The maximum Gasteiger partial charge on any atom is 0.167 e. The highest BCUT2D eigenvalue weighted by Gasteiger charge is 2.16. The molecule has 0 saturated heterocycles. The highest BCUT2D eigenvalue weighted by molar-refractivity contribution is 9.10. The first-order valence-corrected chi connectivity index (χ1v) is 7.93. The second-order valence-corrected chi connectivity index (χ2v) is 6.05. The van der Waals surface area contributed by atoms with Crippen LogP contribution in [0, 0.1) is 6.92 Å². The van der Waals surface area contributed by atoms with Gasteiger partial charge in [-0.05, 0) is 49.7 Å². The second kappa shape index (κ2) is 5.97. The maximum absolute atomic E-state index is 11.7. The Hall–Kier alpha value is -2.07. The largest absolute Gasteiger partial charge is 0.493 e. The molecular formula is C18H16BrNO2. The third-order valence-electron chi connectivity index (χ3n) is 3.60. The van der Waals surface area contributed by atoms with E-state index in [1.165, 1.54) is 0 Å². The lowest BCUT2D eigenvalue weighted by Gasteiger charge is -2.10. The van der Waals surface area contributed by atoms with Gasteiger partial charge in [0.2, 0.25) is 0 Å². The lowest BCUT2D eigenvalue weighted by molar-refractivity contribution is 0.111. The Bertz CT molecular complexity index is 852. The molecule has 0 saturated carbocycles. The minimum absolute atomic E-state index is 0.581. The average Bonchev–Trinajstić information content (AvgIpc) is 2.86. The van der Waals surface area contributed by atoms with Crippen molar-refractivity contribution in [3.8, 4) is 16.9 Å². The lowest BCUT2D eigenvalue weighted by Crippen LogP contribution is -1.96. The minimum atomic E-state index is 0.581. The molecule has 0 spiro atoms. The van der Waals surface area contributed by atoms with Gasteiger partial charge in [0.05, 0.1) is 12.3 Å². The van der Waals surface area contributed by atoms with E-state index in [0.717, 1.165) is 38.7 Å². The van der Waals surface area contributed by atoms with Crippen LogP contribution in [0.2, 0.25) is 0 Å². The summed E-state index contributed by atoms with van der Waals surface area (Å²) in [5.41, 5.74) is 4.53. The van der Waals surface area contributed by atoms with Gasteiger partial charge in [-0.25, -0.2) is 0 Å². The van der Waals surface area contributed by atoms with Gasteiger partial charge in [-0.15, -0.1) is 0 Å². The first-order chi connectivity index (χ1) is 10.6. The smallest absolute Gasteiger partial charge is 0.167 e. The van der Waals surface area contributed by atoms with Gasteiger partial charge in [-0.1, -0.05) is 22.0 Å². The van der Waals surface area contributed by atoms with Gasteiger partial charge in [-0.3, -0.25) is 4.79 Å². The quantitative estimate of drug-likeness (QED) is 0.622. The van der Waals surface area contributed by atoms with Crippen molar-refractivity contribution in [1.82, 2.24) is 4.40 Å². The Morgan fingerprint density at radius 1 is 1.18 bits per heavy atom. The van der Waals surface area contributed by atoms with Crippen molar-refractivity contribution in [3.05, 3.63) is 58.3 Å². The monoisotopic (exact) mass is 357 g/mol. The third-order valence-corrected chi connectivity index (χ3v) is 4.09. The zero-order valence-corrected chi connectivity index (χ0v) is 14.1. The van der Waals surface area contributed by atoms with Gasteiger partial charge >= 0.3 is 0 Å². The molecular weight excluding hydrogens is 342 g/mol. The first kappa shape index (κ1) is 14.9. The van der Waals surface area contributed by atoms with Crippen LogP contribution in [0.3, 0.4) is 0 Å². The van der Waals surface area contributed by atoms with Crippen LogP contribution >= 0.6 is 15.9 Å². The molecule has 0 aliphatic rings. The number of hydrogen-bond acceptors (Lipinski definition) is 2. The maximum atomic E-state index is 11.7. The molecule has 0 fully saturated rings. The topological polar surface area (TPSA) is 30.7 Å². The fourth-order valence-electron chi connectivity index (χ4n) is 2.63. The van der Waals surface area contributed by atoms with Crippen LogP contribution in [0.25, 0.3) is 16.6 Å². The molecule has 22 heavy (non-hydrogen) atoms. The molecule has 0 aliphatic carbocycles. The number of carbonyl (C=O) groups excluding carboxylic acids is 1. The number of benzene rings is 1. The van der Waals surface area contributed by atoms with Crippen LogP contribution in [0.5, 0.6) is 5.75 Å². The van der Waals surface area contributed by atoms with Crippen LogP contribution in [-0.4, -0.2) is 17.3 Å². The predicted octanol–water partition coefficient (Wildman–Crippen LogP) is 4.89. The molecule has 0 N–H and O–H groups in total. The molecule has 3 rings (SSSR count). The summed E-state index contributed by atoms with van der Waals surface area (Å²) in [7, 11) is 0. The summed E-state index contributed by atoms with van der Waals surface area (Å²) >= 11 is 3.50. The summed E-state index contributed by atoms with van der Waals surface area (Å²) in [5.74, 6) is 0.779. The zero-order chi connectivity index (χ0) is 15.7. The Kier molecular flexibility index (Phi) is 4.03. The van der Waals surface area contributed by atoms with E-state index in [1.54, 1.807) is 0 Å². The molecule has 0 radical (unpaired) electrons. The van der Waals surface area contributed by atoms with Crippen LogP contribution in [0.1, 0.15) is 23.0 Å². The number of ether oxygens (including phenoxy) is 1. The van der Waals surface area contributed by atoms with Gasteiger partial charge in [0, 0.05) is 27.3 Å². The molecule has 1 aromatic carbocycles. The first-order valence-electron chi connectivity index (χ1n) is 7.13. The molecule has 0 bridgehead atoms. The standard InChI is InChI=1S/C18H16BrNO2/c1-3-22-18-7-5-13(19)8-16(18)15-9-14-6-4-12(2)10-20(14)17(15)11-21/h4-11H,3H2,1-2H3. The fourth-order valence-corrected chi connectivity index (χ4v) is 2.99. The van der Waals surface area contributed by atoms with Crippen molar-refractivity contribution in [2.45, 2.75) is 13.8 Å². The number of aromatic nitrogens is 1. The number of aldehydes is 1. The summed E-state index contributed by atoms with van der Waals surface area (Å²) in [5, 5.41) is 0. The van der Waals surface area contributed by atoms with Gasteiger partial charge in [0.15, 0.2) is 6.29 Å². The summed E-state index contributed by atoms with van der Waals surface area (Å²) in [6.45, 7) is 4.54. The zero-order valence-electron chi connectivity index (χ0n) is 12.5. The van der Waals surface area contributed by atoms with E-state index in [1.807, 2.05) is 60.8 Å². The molecule has 3 aromatic rings. The number of rotatable bonds is 4. The van der Waals surface area contributed by atoms with E-state index in [2.05, 4.69) is 15.9 Å². The second-order valence-electron chi connectivity index (χ2n) is 5.14. The number of carbonyl (C=O) groups is 1. The Morgan fingerprint density at radius 2 is 2.00 bits per heavy atom. The van der Waals surface area contributed by atoms with E-state index >= 15 is 0 Å².